The van der Waals surface area contributed by atoms with Crippen molar-refractivity contribution in [3.05, 3.63) is 52.7 Å². The Morgan fingerprint density at radius 2 is 2.00 bits per heavy atom. The lowest BCUT2D eigenvalue weighted by Gasteiger charge is -2.26. The standard InChI is InChI=1S/C17H20N2O3S2/c1-18(24(21,22)14-7-3-2-4-8-14)13-17(20)19-11-5-9-15(19)16-10-6-12-23-16/h2-4,6-8,10,12,15H,5,9,11,13H2,1H3/t15-/m1/s1. The van der Waals surface area contributed by atoms with Crippen molar-refractivity contribution in [2.75, 3.05) is 20.1 Å². The van der Waals surface area contributed by atoms with Gasteiger partial charge in [-0.15, -0.1) is 11.3 Å². The molecule has 5 nitrogen and oxygen atoms in total. The van der Waals surface area contributed by atoms with Gasteiger partial charge in [0.2, 0.25) is 15.9 Å². The first-order valence-corrected chi connectivity index (χ1v) is 10.2. The van der Waals surface area contributed by atoms with E-state index >= 15 is 0 Å². The fourth-order valence-corrected chi connectivity index (χ4v) is 5.00. The maximum absolute atomic E-state index is 12.7. The summed E-state index contributed by atoms with van der Waals surface area (Å²) in [6, 6.07) is 12.3. The van der Waals surface area contributed by atoms with Crippen LogP contribution >= 0.6 is 11.3 Å². The Morgan fingerprint density at radius 1 is 1.25 bits per heavy atom. The number of rotatable bonds is 5. The minimum atomic E-state index is -3.65. The van der Waals surface area contributed by atoms with E-state index in [1.54, 1.807) is 41.7 Å². The summed E-state index contributed by atoms with van der Waals surface area (Å²) in [5.41, 5.74) is 0. The normalized spacial score (nSPS) is 18.2. The summed E-state index contributed by atoms with van der Waals surface area (Å²) in [5.74, 6) is -0.145. The molecule has 0 radical (unpaired) electrons. The summed E-state index contributed by atoms with van der Waals surface area (Å²) in [6.07, 6.45) is 1.88. The van der Waals surface area contributed by atoms with Crippen molar-refractivity contribution in [1.82, 2.24) is 9.21 Å². The van der Waals surface area contributed by atoms with Gasteiger partial charge in [-0.25, -0.2) is 8.42 Å². The molecule has 24 heavy (non-hydrogen) atoms. The van der Waals surface area contributed by atoms with Crippen molar-refractivity contribution in [2.24, 2.45) is 0 Å². The Bertz CT molecular complexity index is 789. The predicted octanol–water partition coefficient (Wildman–Crippen LogP) is 2.73. The molecule has 3 rings (SSSR count). The summed E-state index contributed by atoms with van der Waals surface area (Å²) >= 11 is 1.64. The molecular weight excluding hydrogens is 344 g/mol. The highest BCUT2D eigenvalue weighted by atomic mass is 32.2. The number of thiophene rings is 1. The van der Waals surface area contributed by atoms with E-state index in [0.29, 0.717) is 6.54 Å². The first-order valence-electron chi connectivity index (χ1n) is 7.84. The summed E-state index contributed by atoms with van der Waals surface area (Å²) < 4.78 is 26.2. The molecule has 1 aliphatic rings. The monoisotopic (exact) mass is 364 g/mol. The van der Waals surface area contributed by atoms with E-state index in [1.165, 1.54) is 7.05 Å². The molecular formula is C17H20N2O3S2. The number of carbonyl (C=O) groups is 1. The van der Waals surface area contributed by atoms with Crippen LogP contribution in [-0.2, 0) is 14.8 Å². The molecule has 1 saturated heterocycles. The Balaban J connectivity index is 1.72. The van der Waals surface area contributed by atoms with Gasteiger partial charge in [-0.1, -0.05) is 24.3 Å². The van der Waals surface area contributed by atoms with Gasteiger partial charge >= 0.3 is 0 Å². The van der Waals surface area contributed by atoms with Gasteiger partial charge in [0.05, 0.1) is 17.5 Å². The topological polar surface area (TPSA) is 57.7 Å². The third-order valence-corrected chi connectivity index (χ3v) is 7.05. The average molecular weight is 364 g/mol. The second kappa shape index (κ2) is 7.04. The SMILES string of the molecule is CN(CC(=O)N1CCC[C@@H]1c1cccs1)S(=O)(=O)c1ccccc1. The molecule has 0 bridgehead atoms. The van der Waals surface area contributed by atoms with E-state index in [1.807, 2.05) is 22.4 Å². The zero-order valence-corrected chi connectivity index (χ0v) is 15.1. The minimum Gasteiger partial charge on any atom is -0.334 e. The third-order valence-electron chi connectivity index (χ3n) is 4.25. The molecule has 1 aliphatic heterocycles. The quantitative estimate of drug-likeness (QED) is 0.820. The van der Waals surface area contributed by atoms with Crippen molar-refractivity contribution < 1.29 is 13.2 Å². The zero-order valence-electron chi connectivity index (χ0n) is 13.5. The van der Waals surface area contributed by atoms with Crippen molar-refractivity contribution in [1.29, 1.82) is 0 Å². The second-order valence-electron chi connectivity index (χ2n) is 5.83. The summed E-state index contributed by atoms with van der Waals surface area (Å²) in [5, 5.41) is 2.00. The molecule has 1 fully saturated rings. The molecule has 2 heterocycles. The highest BCUT2D eigenvalue weighted by Crippen LogP contribution is 2.34. The zero-order chi connectivity index (χ0) is 17.2. The van der Waals surface area contributed by atoms with Crippen molar-refractivity contribution >= 4 is 27.3 Å². The van der Waals surface area contributed by atoms with Gasteiger partial charge in [0.1, 0.15) is 0 Å². The van der Waals surface area contributed by atoms with E-state index in [-0.39, 0.29) is 23.4 Å². The average Bonchev–Trinajstić information content (AvgIpc) is 3.26. The molecule has 1 amide bonds. The van der Waals surface area contributed by atoms with E-state index in [2.05, 4.69) is 0 Å². The van der Waals surface area contributed by atoms with Crippen LogP contribution in [0.25, 0.3) is 0 Å². The maximum atomic E-state index is 12.7. The van der Waals surface area contributed by atoms with Crippen LogP contribution in [-0.4, -0.2) is 43.7 Å². The number of likely N-dealkylation sites (N-methyl/N-ethyl adjacent to an activating group) is 1. The largest absolute Gasteiger partial charge is 0.334 e. The van der Waals surface area contributed by atoms with E-state index in [0.717, 1.165) is 22.0 Å². The van der Waals surface area contributed by atoms with Gasteiger partial charge in [-0.2, -0.15) is 4.31 Å². The van der Waals surface area contributed by atoms with Crippen LogP contribution < -0.4 is 0 Å². The Morgan fingerprint density at radius 3 is 2.67 bits per heavy atom. The molecule has 1 aromatic carbocycles. The molecule has 1 atom stereocenters. The second-order valence-corrected chi connectivity index (χ2v) is 8.86. The number of likely N-dealkylation sites (tertiary alicyclic amines) is 1. The maximum Gasteiger partial charge on any atom is 0.243 e. The summed E-state index contributed by atoms with van der Waals surface area (Å²) in [7, 11) is -2.19. The highest BCUT2D eigenvalue weighted by molar-refractivity contribution is 7.89. The number of nitrogens with zero attached hydrogens (tertiary/aromatic N) is 2. The lowest BCUT2D eigenvalue weighted by atomic mass is 10.2. The van der Waals surface area contributed by atoms with Gasteiger partial charge in [-0.3, -0.25) is 4.79 Å². The van der Waals surface area contributed by atoms with Crippen LogP contribution in [0.3, 0.4) is 0 Å². The first kappa shape index (κ1) is 17.1. The summed E-state index contributed by atoms with van der Waals surface area (Å²) in [6.45, 7) is 0.541. The minimum absolute atomic E-state index is 0.0744. The van der Waals surface area contributed by atoms with Crippen molar-refractivity contribution in [2.45, 2.75) is 23.8 Å². The van der Waals surface area contributed by atoms with Gasteiger partial charge in [-0.05, 0) is 36.4 Å². The third kappa shape index (κ3) is 3.38. The van der Waals surface area contributed by atoms with Gasteiger partial charge in [0.15, 0.2) is 0 Å². The van der Waals surface area contributed by atoms with E-state index < -0.39 is 10.0 Å². The molecule has 7 heteroatoms. The molecule has 128 valence electrons. The van der Waals surface area contributed by atoms with Crippen LogP contribution in [0.4, 0.5) is 0 Å². The number of carbonyl (C=O) groups excluding carboxylic acids is 1. The molecule has 1 aromatic heterocycles. The molecule has 0 spiro atoms. The number of sulfonamides is 1. The van der Waals surface area contributed by atoms with Gasteiger partial charge in [0, 0.05) is 18.5 Å². The number of hydrogen-bond donors (Lipinski definition) is 0. The highest BCUT2D eigenvalue weighted by Gasteiger charge is 2.32. The smallest absolute Gasteiger partial charge is 0.243 e. The molecule has 0 saturated carbocycles. The number of amides is 1. The van der Waals surface area contributed by atoms with E-state index in [4.69, 9.17) is 0 Å². The number of benzene rings is 1. The summed E-state index contributed by atoms with van der Waals surface area (Å²) in [4.78, 5) is 15.8. The van der Waals surface area contributed by atoms with Crippen molar-refractivity contribution in [3.8, 4) is 0 Å². The Kier molecular flexibility index (Phi) is 5.03. The van der Waals surface area contributed by atoms with Crippen molar-refractivity contribution in [3.63, 3.8) is 0 Å². The van der Waals surface area contributed by atoms with E-state index in [9.17, 15) is 13.2 Å². The molecule has 0 aliphatic carbocycles. The number of hydrogen-bond acceptors (Lipinski definition) is 4. The fraction of sp³-hybridized carbons (Fsp3) is 0.353. The van der Waals surface area contributed by atoms with Gasteiger partial charge < -0.3 is 4.90 Å². The molecule has 2 aromatic rings. The van der Waals surface area contributed by atoms with Crippen LogP contribution in [0.5, 0.6) is 0 Å². The Hall–Kier alpha value is -1.70. The van der Waals surface area contributed by atoms with Crippen LogP contribution in [0, 0.1) is 0 Å². The first-order chi connectivity index (χ1) is 11.5. The predicted molar refractivity (Wildman–Crippen MR) is 94.3 cm³/mol. The fourth-order valence-electron chi connectivity index (χ4n) is 2.98. The van der Waals surface area contributed by atoms with Crippen LogP contribution in [0.15, 0.2) is 52.7 Å². The lowest BCUT2D eigenvalue weighted by molar-refractivity contribution is -0.132. The lowest BCUT2D eigenvalue weighted by Crippen LogP contribution is -2.40. The molecule has 0 unspecified atom stereocenters. The van der Waals surface area contributed by atoms with Crippen LogP contribution in [0.1, 0.15) is 23.8 Å². The van der Waals surface area contributed by atoms with Gasteiger partial charge in [0.25, 0.3) is 0 Å². The van der Waals surface area contributed by atoms with Crippen LogP contribution in [0.2, 0.25) is 0 Å². The molecule has 0 N–H and O–H groups in total. The Labute approximate surface area is 146 Å².